The molecule has 0 bridgehead atoms. The average Bonchev–Trinajstić information content (AvgIpc) is 2.38. The molecule has 92 valence electrons. The third kappa shape index (κ3) is 3.89. The second kappa shape index (κ2) is 6.44. The summed E-state index contributed by atoms with van der Waals surface area (Å²) < 4.78 is 1.22. The van der Waals surface area contributed by atoms with Gasteiger partial charge in [-0.2, -0.15) is 0 Å². The van der Waals surface area contributed by atoms with Crippen molar-refractivity contribution < 1.29 is 4.79 Å². The van der Waals surface area contributed by atoms with Crippen LogP contribution in [-0.2, 0) is 0 Å². The number of carbonyl (C=O) groups excluding carboxylic acids is 1. The van der Waals surface area contributed by atoms with Crippen LogP contribution in [0.25, 0.3) is 0 Å². The Hall–Kier alpha value is -0.731. The molecule has 4 heteroatoms. The summed E-state index contributed by atoms with van der Waals surface area (Å²) in [6.07, 6.45) is 0. The van der Waals surface area contributed by atoms with E-state index in [1.54, 1.807) is 24.3 Å². The Kier molecular flexibility index (Phi) is 4.90. The van der Waals surface area contributed by atoms with E-state index in [1.807, 2.05) is 0 Å². The Morgan fingerprint density at radius 1 is 1.06 bits per heavy atom. The molecule has 0 heterocycles. The van der Waals surface area contributed by atoms with Crippen LogP contribution in [-0.4, -0.2) is 19.0 Å². The Labute approximate surface area is 121 Å². The summed E-state index contributed by atoms with van der Waals surface area (Å²) in [5.41, 5.74) is 1.95. The van der Waals surface area contributed by atoms with Crippen molar-refractivity contribution in [3.05, 3.63) is 64.7 Å². The predicted octanol–water partition coefficient (Wildman–Crippen LogP) is 3.47. The van der Waals surface area contributed by atoms with Crippen molar-refractivity contribution in [1.29, 1.82) is 0 Å². The molecule has 2 aromatic rings. The first-order valence-electron chi connectivity index (χ1n) is 5.36. The molecule has 0 unspecified atom stereocenters. The van der Waals surface area contributed by atoms with Crippen LogP contribution in [0.1, 0.15) is 15.9 Å². The molecular weight excluding hydrogens is 331 g/mol. The minimum atomic E-state index is 0.104. The molecule has 0 aliphatic rings. The second-order valence-corrected chi connectivity index (χ2v) is 8.00. The van der Waals surface area contributed by atoms with Gasteiger partial charge in [-0.3, -0.25) is 0 Å². The fraction of sp³-hybridized carbons (Fsp3) is 0.0714. The number of aryl methyl sites for hydroxylation is 1. The number of hydrogen-bond donors (Lipinski definition) is 0. The van der Waals surface area contributed by atoms with Gasteiger partial charge in [0.05, 0.1) is 0 Å². The number of hydrogen-bond acceptors (Lipinski definition) is 2. The Bertz CT molecular complexity index is 537. The SMILES string of the molecule is Cc1ccc([Se]SC(=O)c2ccc(Cl)cc2)cc1. The van der Waals surface area contributed by atoms with Gasteiger partial charge >= 0.3 is 122 Å². The van der Waals surface area contributed by atoms with E-state index < -0.39 is 0 Å². The minimum absolute atomic E-state index is 0.104. The zero-order valence-corrected chi connectivity index (χ0v) is 13.0. The molecule has 18 heavy (non-hydrogen) atoms. The predicted molar refractivity (Wildman–Crippen MR) is 79.9 cm³/mol. The molecule has 2 aromatic carbocycles. The van der Waals surface area contributed by atoms with Crippen molar-refractivity contribution >= 4 is 45.2 Å². The summed E-state index contributed by atoms with van der Waals surface area (Å²) in [5.74, 6) is 0. The first-order valence-corrected chi connectivity index (χ1v) is 9.43. The summed E-state index contributed by atoms with van der Waals surface area (Å²) in [7, 11) is 1.37. The molecule has 0 aliphatic heterocycles. The number of halogens is 1. The molecule has 2 rings (SSSR count). The molecule has 0 saturated heterocycles. The molecular formula is C14H11ClOSSe. The molecule has 0 saturated carbocycles. The van der Waals surface area contributed by atoms with Crippen LogP contribution in [0.15, 0.2) is 48.5 Å². The van der Waals surface area contributed by atoms with Crippen LogP contribution < -0.4 is 4.46 Å². The van der Waals surface area contributed by atoms with E-state index in [0.29, 0.717) is 10.6 Å². The topological polar surface area (TPSA) is 17.1 Å². The molecule has 0 atom stereocenters. The molecule has 0 spiro atoms. The number of carbonyl (C=O) groups is 1. The van der Waals surface area contributed by atoms with Crippen LogP contribution in [0.4, 0.5) is 0 Å². The van der Waals surface area contributed by atoms with Gasteiger partial charge in [-0.1, -0.05) is 0 Å². The third-order valence-electron chi connectivity index (χ3n) is 2.31. The van der Waals surface area contributed by atoms with Gasteiger partial charge in [-0.05, 0) is 0 Å². The summed E-state index contributed by atoms with van der Waals surface area (Å²) in [6.45, 7) is 2.06. The maximum absolute atomic E-state index is 11.9. The zero-order chi connectivity index (χ0) is 13.0. The van der Waals surface area contributed by atoms with E-state index in [4.69, 9.17) is 11.6 Å². The van der Waals surface area contributed by atoms with Crippen LogP contribution >= 0.6 is 21.8 Å². The van der Waals surface area contributed by atoms with Crippen molar-refractivity contribution in [2.45, 2.75) is 6.92 Å². The van der Waals surface area contributed by atoms with Crippen molar-refractivity contribution in [3.63, 3.8) is 0 Å². The van der Waals surface area contributed by atoms with Crippen LogP contribution in [0, 0.1) is 6.92 Å². The van der Waals surface area contributed by atoms with Gasteiger partial charge in [-0.15, -0.1) is 0 Å². The quantitative estimate of drug-likeness (QED) is 0.795. The van der Waals surface area contributed by atoms with E-state index in [0.717, 1.165) is 0 Å². The Balaban J connectivity index is 1.96. The van der Waals surface area contributed by atoms with Crippen molar-refractivity contribution in [1.82, 2.24) is 0 Å². The van der Waals surface area contributed by atoms with E-state index in [9.17, 15) is 4.79 Å². The summed E-state index contributed by atoms with van der Waals surface area (Å²) in [5, 5.41) is 0.757. The fourth-order valence-corrected chi connectivity index (χ4v) is 4.63. The average molecular weight is 342 g/mol. The summed E-state index contributed by atoms with van der Waals surface area (Å²) in [4.78, 5) is 11.9. The molecule has 0 aliphatic carbocycles. The van der Waals surface area contributed by atoms with E-state index in [2.05, 4.69) is 31.2 Å². The molecule has 0 radical (unpaired) electrons. The van der Waals surface area contributed by atoms with Gasteiger partial charge in [0.25, 0.3) is 0 Å². The standard InChI is InChI=1S/C14H11ClOSSe/c1-10-2-8-13(9-3-10)18-17-14(16)11-4-6-12(15)7-5-11/h2-9H,1H3. The van der Waals surface area contributed by atoms with Gasteiger partial charge in [-0.25, -0.2) is 0 Å². The Morgan fingerprint density at radius 3 is 2.28 bits per heavy atom. The first-order chi connectivity index (χ1) is 8.65. The molecule has 0 fully saturated rings. The van der Waals surface area contributed by atoms with E-state index in [-0.39, 0.29) is 19.0 Å². The van der Waals surface area contributed by atoms with Crippen LogP contribution in [0.2, 0.25) is 5.02 Å². The molecule has 0 aromatic heterocycles. The number of benzene rings is 2. The van der Waals surface area contributed by atoms with Gasteiger partial charge in [0.15, 0.2) is 0 Å². The van der Waals surface area contributed by atoms with Crippen LogP contribution in [0.5, 0.6) is 0 Å². The van der Waals surface area contributed by atoms with E-state index in [1.165, 1.54) is 20.2 Å². The first kappa shape index (κ1) is 13.7. The Morgan fingerprint density at radius 2 is 1.67 bits per heavy atom. The van der Waals surface area contributed by atoms with Gasteiger partial charge in [0, 0.05) is 0 Å². The van der Waals surface area contributed by atoms with Crippen molar-refractivity contribution in [3.8, 4) is 0 Å². The normalized spacial score (nSPS) is 10.3. The van der Waals surface area contributed by atoms with Crippen molar-refractivity contribution in [2.24, 2.45) is 0 Å². The summed E-state index contributed by atoms with van der Waals surface area (Å²) >= 11 is 5.91. The van der Waals surface area contributed by atoms with Gasteiger partial charge in [0.1, 0.15) is 0 Å². The third-order valence-corrected chi connectivity index (χ3v) is 6.49. The zero-order valence-electron chi connectivity index (χ0n) is 9.72. The van der Waals surface area contributed by atoms with Gasteiger partial charge < -0.3 is 0 Å². The van der Waals surface area contributed by atoms with E-state index >= 15 is 0 Å². The van der Waals surface area contributed by atoms with Crippen LogP contribution in [0.3, 0.4) is 0 Å². The maximum atomic E-state index is 11.9. The van der Waals surface area contributed by atoms with Gasteiger partial charge in [0.2, 0.25) is 0 Å². The molecule has 1 nitrogen and oxygen atoms in total. The number of rotatable bonds is 3. The summed E-state index contributed by atoms with van der Waals surface area (Å²) in [6, 6.07) is 15.3. The monoisotopic (exact) mass is 342 g/mol. The molecule has 0 N–H and O–H groups in total. The van der Waals surface area contributed by atoms with Crippen molar-refractivity contribution in [2.75, 3.05) is 0 Å². The fourth-order valence-electron chi connectivity index (χ4n) is 1.31. The molecule has 0 amide bonds. The second-order valence-electron chi connectivity index (χ2n) is 3.77.